The molecule has 0 N–H and O–H groups in total. The molecule has 1 radical (unpaired) electrons. The summed E-state index contributed by atoms with van der Waals surface area (Å²) < 4.78 is 18.3. The predicted octanol–water partition coefficient (Wildman–Crippen LogP) is 14.0. The second kappa shape index (κ2) is 17.0. The predicted molar refractivity (Wildman–Crippen MR) is 243 cm³/mol. The first-order chi connectivity index (χ1) is 27.5. The maximum absolute atomic E-state index is 13.6. The van der Waals surface area contributed by atoms with Crippen LogP contribution in [0.15, 0.2) is 140 Å². The molecule has 0 saturated carbocycles. The Bertz CT molecular complexity index is 2810. The van der Waals surface area contributed by atoms with Crippen LogP contribution in [0.3, 0.4) is 0 Å². The van der Waals surface area contributed by atoms with Crippen LogP contribution in [0, 0.1) is 17.9 Å². The molecule has 9 rings (SSSR count). The average molecular weight is 972 g/mol. The number of para-hydroxylation sites is 3. The van der Waals surface area contributed by atoms with Gasteiger partial charge in [0.2, 0.25) is 0 Å². The third-order valence-corrected chi connectivity index (χ3v) is 13.8. The van der Waals surface area contributed by atoms with Gasteiger partial charge in [0.05, 0.1) is 24.9 Å². The minimum atomic E-state index is -1.23. The third-order valence-electron chi connectivity index (χ3n) is 10.6. The van der Waals surface area contributed by atoms with E-state index in [0.717, 1.165) is 44.8 Å². The molecule has 293 valence electrons. The maximum Gasteiger partial charge on any atom is 0.123 e. The van der Waals surface area contributed by atoms with Gasteiger partial charge in [-0.25, -0.2) is 4.39 Å². The van der Waals surface area contributed by atoms with Crippen LogP contribution >= 0.6 is 11.3 Å². The van der Waals surface area contributed by atoms with Crippen molar-refractivity contribution in [3.05, 3.63) is 169 Å². The molecule has 0 amide bonds. The van der Waals surface area contributed by atoms with E-state index in [1.807, 2.05) is 48.7 Å². The van der Waals surface area contributed by atoms with Crippen LogP contribution in [0.2, 0.25) is 19.6 Å². The van der Waals surface area contributed by atoms with Crippen LogP contribution in [0.4, 0.5) is 4.39 Å². The number of nitrogens with zero attached hydrogens (tertiary/aromatic N) is 3. The van der Waals surface area contributed by atoms with Crippen LogP contribution in [0.1, 0.15) is 50.7 Å². The molecule has 0 spiro atoms. The summed E-state index contributed by atoms with van der Waals surface area (Å²) >= 11 is 1.77. The molecule has 0 atom stereocenters. The molecule has 6 aromatic carbocycles. The second-order valence-corrected chi connectivity index (χ2v) is 22.4. The van der Waals surface area contributed by atoms with E-state index in [4.69, 9.17) is 4.98 Å². The van der Waals surface area contributed by atoms with Crippen molar-refractivity contribution in [1.29, 1.82) is 0 Å². The molecule has 3 heterocycles. The Morgan fingerprint density at radius 1 is 0.690 bits per heavy atom. The minimum absolute atomic E-state index is 0. The van der Waals surface area contributed by atoms with Crippen molar-refractivity contribution >= 4 is 55.8 Å². The molecule has 0 aliphatic heterocycles. The van der Waals surface area contributed by atoms with Gasteiger partial charge in [-0.05, 0) is 85.4 Å². The Morgan fingerprint density at radius 2 is 1.40 bits per heavy atom. The summed E-state index contributed by atoms with van der Waals surface area (Å²) in [5, 5.41) is 3.80. The zero-order valence-corrected chi connectivity index (χ0v) is 38.1. The fourth-order valence-corrected chi connectivity index (χ4v) is 9.74. The van der Waals surface area contributed by atoms with Crippen LogP contribution in [0.5, 0.6) is 0 Å². The first kappa shape index (κ1) is 41.1. The molecule has 0 aliphatic carbocycles. The SMILES string of the molecule is CC(C)c1cccc(C(C)C)c1-n1c(-c2[c-]ccc3c2sc2cc(-c4ccc(F)cc4)ccc23)nc2ccccc21.C[Si](C)(C)c1ccc(-c2[c-]cccc2)nc1.[Ir]. The average Bonchev–Trinajstić information content (AvgIpc) is 3.79. The zero-order valence-electron chi connectivity index (χ0n) is 33.9. The van der Waals surface area contributed by atoms with Gasteiger partial charge < -0.3 is 9.55 Å². The standard InChI is InChI=1S/C37H30FN2S.C14H16NSi.Ir/c1-22(2)27-9-7-10-28(23(3)4)35(27)40-33-14-6-5-13-32(33)39-37(40)31-12-8-11-30-29-20-17-25(21-34(29)41-36(30)31)24-15-18-26(38)19-16-24;1-16(2,3)13-9-10-14(15-11-13)12-7-5-4-6-8-12;/h5-11,13-23H,1-4H3;4-7,9-11H,1-3H3;/q2*-1;. The van der Waals surface area contributed by atoms with E-state index in [2.05, 4.69) is 148 Å². The molecule has 0 unspecified atom stereocenters. The monoisotopic (exact) mass is 972 g/mol. The molecule has 9 aromatic rings. The summed E-state index contributed by atoms with van der Waals surface area (Å²) in [7, 11) is -1.23. The Labute approximate surface area is 360 Å². The number of thiophene rings is 1. The van der Waals surface area contributed by atoms with Crippen molar-refractivity contribution in [3.8, 4) is 39.5 Å². The number of halogens is 1. The van der Waals surface area contributed by atoms with Crippen LogP contribution in [-0.2, 0) is 20.1 Å². The van der Waals surface area contributed by atoms with E-state index < -0.39 is 8.07 Å². The van der Waals surface area contributed by atoms with Gasteiger partial charge in [0.1, 0.15) is 5.82 Å². The molecule has 0 saturated heterocycles. The topological polar surface area (TPSA) is 30.7 Å². The van der Waals surface area contributed by atoms with Crippen LogP contribution in [-0.4, -0.2) is 22.6 Å². The van der Waals surface area contributed by atoms with Gasteiger partial charge in [-0.3, -0.25) is 4.98 Å². The number of imidazole rings is 1. The summed E-state index contributed by atoms with van der Waals surface area (Å²) in [5.74, 6) is 1.40. The van der Waals surface area contributed by atoms with Crippen molar-refractivity contribution in [3.63, 3.8) is 0 Å². The van der Waals surface area contributed by atoms with Gasteiger partial charge in [-0.15, -0.1) is 54.1 Å². The van der Waals surface area contributed by atoms with Crippen molar-refractivity contribution in [2.24, 2.45) is 0 Å². The number of hydrogen-bond donors (Lipinski definition) is 0. The molecule has 0 fully saturated rings. The fourth-order valence-electron chi connectivity index (χ4n) is 7.47. The Kier molecular flexibility index (Phi) is 12.1. The number of fused-ring (bicyclic) bond motifs is 4. The van der Waals surface area contributed by atoms with Crippen molar-refractivity contribution < 1.29 is 24.5 Å². The van der Waals surface area contributed by atoms with Crippen molar-refractivity contribution in [2.45, 2.75) is 59.2 Å². The molecule has 58 heavy (non-hydrogen) atoms. The molecular weight excluding hydrogens is 926 g/mol. The van der Waals surface area contributed by atoms with Crippen LogP contribution < -0.4 is 5.19 Å². The van der Waals surface area contributed by atoms with E-state index in [1.54, 1.807) is 11.3 Å². The van der Waals surface area contributed by atoms with Gasteiger partial charge in [0.25, 0.3) is 0 Å². The number of hydrogen-bond acceptors (Lipinski definition) is 3. The number of rotatable bonds is 7. The Balaban J connectivity index is 0.000000254. The smallest absolute Gasteiger partial charge is 0.123 e. The van der Waals surface area contributed by atoms with Crippen LogP contribution in [0.25, 0.3) is 70.7 Å². The van der Waals surface area contributed by atoms with Gasteiger partial charge >= 0.3 is 0 Å². The molecule has 3 nitrogen and oxygen atoms in total. The second-order valence-electron chi connectivity index (χ2n) is 16.2. The number of pyridine rings is 1. The van der Waals surface area contributed by atoms with E-state index in [-0.39, 0.29) is 25.9 Å². The molecule has 7 heteroatoms. The van der Waals surface area contributed by atoms with Crippen molar-refractivity contribution in [1.82, 2.24) is 14.5 Å². The summed E-state index contributed by atoms with van der Waals surface area (Å²) in [6.45, 7) is 16.0. The minimum Gasteiger partial charge on any atom is -0.333 e. The van der Waals surface area contributed by atoms with E-state index in [1.165, 1.54) is 54.3 Å². The largest absolute Gasteiger partial charge is 0.333 e. The summed E-state index contributed by atoms with van der Waals surface area (Å²) in [6, 6.07) is 51.6. The van der Waals surface area contributed by atoms with Gasteiger partial charge in [-0.1, -0.05) is 125 Å². The fraction of sp³-hybridized carbons (Fsp3) is 0.176. The van der Waals surface area contributed by atoms with Crippen molar-refractivity contribution in [2.75, 3.05) is 0 Å². The van der Waals surface area contributed by atoms with Gasteiger partial charge in [0.15, 0.2) is 0 Å². The summed E-state index contributed by atoms with van der Waals surface area (Å²) in [6.07, 6.45) is 2.02. The molecule has 0 bridgehead atoms. The number of aromatic nitrogens is 3. The molecular formula is C51H46FIrN3SSi-2. The quantitative estimate of drug-likeness (QED) is 0.118. The zero-order chi connectivity index (χ0) is 39.8. The van der Waals surface area contributed by atoms with Gasteiger partial charge in [-0.2, -0.15) is 11.3 Å². The van der Waals surface area contributed by atoms with E-state index in [0.29, 0.717) is 11.8 Å². The summed E-state index contributed by atoms with van der Waals surface area (Å²) in [5.41, 5.74) is 11.1. The molecule has 0 aliphatic rings. The first-order valence-corrected chi connectivity index (χ1v) is 24.0. The Morgan fingerprint density at radius 3 is 2.05 bits per heavy atom. The van der Waals surface area contributed by atoms with Gasteiger partial charge in [0, 0.05) is 36.7 Å². The number of benzene rings is 6. The third kappa shape index (κ3) is 8.14. The van der Waals surface area contributed by atoms with E-state index >= 15 is 0 Å². The van der Waals surface area contributed by atoms with E-state index in [9.17, 15) is 4.39 Å². The Hall–Kier alpha value is -5.04. The first-order valence-electron chi connectivity index (χ1n) is 19.7. The molecule has 3 aromatic heterocycles. The maximum atomic E-state index is 13.6. The summed E-state index contributed by atoms with van der Waals surface area (Å²) in [4.78, 5) is 9.78. The normalized spacial score (nSPS) is 11.6.